The molecule has 0 bridgehead atoms. The summed E-state index contributed by atoms with van der Waals surface area (Å²) in [6, 6.07) is 7.64. The van der Waals surface area contributed by atoms with Crippen molar-refractivity contribution in [2.75, 3.05) is 19.0 Å². The lowest BCUT2D eigenvalue weighted by molar-refractivity contribution is -0.119. The van der Waals surface area contributed by atoms with Gasteiger partial charge in [-0.05, 0) is 44.2 Å². The van der Waals surface area contributed by atoms with Crippen molar-refractivity contribution in [3.63, 3.8) is 0 Å². The van der Waals surface area contributed by atoms with Crippen LogP contribution in [0.2, 0.25) is 0 Å². The molecule has 2 unspecified atom stereocenters. The van der Waals surface area contributed by atoms with Crippen molar-refractivity contribution in [2.45, 2.75) is 19.4 Å². The van der Waals surface area contributed by atoms with Crippen LogP contribution in [0, 0.1) is 5.92 Å². The summed E-state index contributed by atoms with van der Waals surface area (Å²) in [6.07, 6.45) is 0.906. The number of rotatable bonds is 3. The molecule has 0 spiro atoms. The number of nitrogens with one attached hydrogen (secondary N) is 2. The van der Waals surface area contributed by atoms with Crippen molar-refractivity contribution in [3.8, 4) is 5.75 Å². The van der Waals surface area contributed by atoms with Gasteiger partial charge in [-0.2, -0.15) is 0 Å². The van der Waals surface area contributed by atoms with Gasteiger partial charge < -0.3 is 15.4 Å². The standard InChI is InChI=1S/C13H18N2O2/c1-9-12(7-8-14-9)13(16)15-10-3-5-11(17-2)6-4-10/h3-6,9,12,14H,7-8H2,1-2H3,(H,15,16). The molecule has 2 rings (SSSR count). The van der Waals surface area contributed by atoms with E-state index in [1.54, 1.807) is 7.11 Å². The van der Waals surface area contributed by atoms with Gasteiger partial charge >= 0.3 is 0 Å². The first-order chi connectivity index (χ1) is 8.20. The SMILES string of the molecule is COc1ccc(NC(=O)C2CCNC2C)cc1. The zero-order chi connectivity index (χ0) is 12.3. The lowest BCUT2D eigenvalue weighted by Crippen LogP contribution is -2.32. The summed E-state index contributed by atoms with van der Waals surface area (Å²) in [6.45, 7) is 2.97. The van der Waals surface area contributed by atoms with Gasteiger partial charge in [-0.1, -0.05) is 0 Å². The first kappa shape index (κ1) is 11.9. The Bertz CT molecular complexity index is 389. The summed E-state index contributed by atoms with van der Waals surface area (Å²) in [5.74, 6) is 0.948. The Morgan fingerprint density at radius 2 is 2.12 bits per heavy atom. The first-order valence-electron chi connectivity index (χ1n) is 5.89. The largest absolute Gasteiger partial charge is 0.497 e. The Morgan fingerprint density at radius 1 is 1.41 bits per heavy atom. The second-order valence-corrected chi connectivity index (χ2v) is 4.36. The predicted octanol–water partition coefficient (Wildman–Crippen LogP) is 1.63. The van der Waals surface area contributed by atoms with Gasteiger partial charge in [0.05, 0.1) is 13.0 Å². The summed E-state index contributed by atoms with van der Waals surface area (Å²) in [7, 11) is 1.62. The maximum Gasteiger partial charge on any atom is 0.229 e. The molecule has 92 valence electrons. The third-order valence-electron chi connectivity index (χ3n) is 3.22. The third-order valence-corrected chi connectivity index (χ3v) is 3.22. The molecular weight excluding hydrogens is 216 g/mol. The van der Waals surface area contributed by atoms with Gasteiger partial charge in [0, 0.05) is 11.7 Å². The van der Waals surface area contributed by atoms with Crippen molar-refractivity contribution in [1.82, 2.24) is 5.32 Å². The van der Waals surface area contributed by atoms with Gasteiger partial charge in [0.1, 0.15) is 5.75 Å². The molecule has 1 aromatic carbocycles. The molecule has 0 radical (unpaired) electrons. The van der Waals surface area contributed by atoms with Crippen LogP contribution in [-0.4, -0.2) is 25.6 Å². The monoisotopic (exact) mass is 234 g/mol. The Morgan fingerprint density at radius 3 is 2.65 bits per heavy atom. The molecule has 1 heterocycles. The van der Waals surface area contributed by atoms with Gasteiger partial charge in [-0.15, -0.1) is 0 Å². The summed E-state index contributed by atoms with van der Waals surface area (Å²) >= 11 is 0. The first-order valence-corrected chi connectivity index (χ1v) is 5.89. The van der Waals surface area contributed by atoms with E-state index in [1.807, 2.05) is 31.2 Å². The second-order valence-electron chi connectivity index (χ2n) is 4.36. The van der Waals surface area contributed by atoms with E-state index in [9.17, 15) is 4.79 Å². The molecule has 1 fully saturated rings. The highest BCUT2D eigenvalue weighted by Crippen LogP contribution is 2.19. The second kappa shape index (κ2) is 5.19. The van der Waals surface area contributed by atoms with Crippen LogP contribution >= 0.6 is 0 Å². The number of carbonyl (C=O) groups is 1. The molecule has 1 aliphatic rings. The minimum Gasteiger partial charge on any atom is -0.497 e. The van der Waals surface area contributed by atoms with Crippen molar-refractivity contribution in [3.05, 3.63) is 24.3 Å². The number of anilines is 1. The van der Waals surface area contributed by atoms with Crippen molar-refractivity contribution in [1.29, 1.82) is 0 Å². The van der Waals surface area contributed by atoms with E-state index >= 15 is 0 Å². The third kappa shape index (κ3) is 2.77. The Labute approximate surface area is 101 Å². The van der Waals surface area contributed by atoms with Crippen molar-refractivity contribution in [2.24, 2.45) is 5.92 Å². The molecule has 4 heteroatoms. The lowest BCUT2D eigenvalue weighted by Gasteiger charge is -2.15. The number of methoxy groups -OCH3 is 1. The van der Waals surface area contributed by atoms with E-state index in [4.69, 9.17) is 4.74 Å². The molecule has 1 aliphatic heterocycles. The van der Waals surface area contributed by atoms with Crippen LogP contribution in [-0.2, 0) is 4.79 Å². The van der Waals surface area contributed by atoms with Gasteiger partial charge in [0.2, 0.25) is 5.91 Å². The molecule has 1 saturated heterocycles. The van der Waals surface area contributed by atoms with E-state index in [0.717, 1.165) is 24.4 Å². The van der Waals surface area contributed by atoms with Gasteiger partial charge in [-0.3, -0.25) is 4.79 Å². The van der Waals surface area contributed by atoms with Gasteiger partial charge in [0.15, 0.2) is 0 Å². The fourth-order valence-corrected chi connectivity index (χ4v) is 2.13. The number of hydrogen-bond acceptors (Lipinski definition) is 3. The van der Waals surface area contributed by atoms with E-state index in [2.05, 4.69) is 10.6 Å². The molecule has 1 amide bonds. The topological polar surface area (TPSA) is 50.4 Å². The molecule has 1 aromatic rings. The van der Waals surface area contributed by atoms with Crippen LogP contribution in [0.15, 0.2) is 24.3 Å². The van der Waals surface area contributed by atoms with Crippen LogP contribution in [0.3, 0.4) is 0 Å². The molecule has 2 N–H and O–H groups in total. The van der Waals surface area contributed by atoms with Crippen LogP contribution in [0.1, 0.15) is 13.3 Å². The average Bonchev–Trinajstić information content (AvgIpc) is 2.76. The fourth-order valence-electron chi connectivity index (χ4n) is 2.13. The molecule has 0 saturated carbocycles. The molecule has 0 aliphatic carbocycles. The normalized spacial score (nSPS) is 23.4. The van der Waals surface area contributed by atoms with E-state index in [1.165, 1.54) is 0 Å². The highest BCUT2D eigenvalue weighted by atomic mass is 16.5. The number of hydrogen-bond donors (Lipinski definition) is 2. The maximum atomic E-state index is 12.0. The van der Waals surface area contributed by atoms with Crippen molar-refractivity contribution >= 4 is 11.6 Å². The highest BCUT2D eigenvalue weighted by molar-refractivity contribution is 5.93. The van der Waals surface area contributed by atoms with Crippen LogP contribution in [0.4, 0.5) is 5.69 Å². The average molecular weight is 234 g/mol. The summed E-state index contributed by atoms with van der Waals surface area (Å²) in [5.41, 5.74) is 0.815. The van der Waals surface area contributed by atoms with Gasteiger partial charge in [-0.25, -0.2) is 0 Å². The summed E-state index contributed by atoms with van der Waals surface area (Å²) < 4.78 is 5.07. The summed E-state index contributed by atoms with van der Waals surface area (Å²) in [4.78, 5) is 12.0. The maximum absolute atomic E-state index is 12.0. The minimum atomic E-state index is 0.0668. The molecule has 2 atom stereocenters. The number of carbonyl (C=O) groups excluding carboxylic acids is 1. The molecular formula is C13H18N2O2. The molecule has 4 nitrogen and oxygen atoms in total. The van der Waals surface area contributed by atoms with Crippen LogP contribution < -0.4 is 15.4 Å². The van der Waals surface area contributed by atoms with Crippen LogP contribution in [0.25, 0.3) is 0 Å². The number of ether oxygens (including phenoxy) is 1. The van der Waals surface area contributed by atoms with Crippen molar-refractivity contribution < 1.29 is 9.53 Å². The minimum absolute atomic E-state index is 0.0668. The van der Waals surface area contributed by atoms with E-state index < -0.39 is 0 Å². The fraction of sp³-hybridized carbons (Fsp3) is 0.462. The highest BCUT2D eigenvalue weighted by Gasteiger charge is 2.29. The van der Waals surface area contributed by atoms with Gasteiger partial charge in [0.25, 0.3) is 0 Å². The van der Waals surface area contributed by atoms with E-state index in [-0.39, 0.29) is 17.9 Å². The summed E-state index contributed by atoms with van der Waals surface area (Å²) in [5, 5.41) is 6.20. The Balaban J connectivity index is 1.97. The van der Waals surface area contributed by atoms with E-state index in [0.29, 0.717) is 0 Å². The smallest absolute Gasteiger partial charge is 0.229 e. The van der Waals surface area contributed by atoms with Crippen LogP contribution in [0.5, 0.6) is 5.75 Å². The Kier molecular flexibility index (Phi) is 3.64. The zero-order valence-electron chi connectivity index (χ0n) is 10.2. The predicted molar refractivity (Wildman–Crippen MR) is 67.2 cm³/mol. The quantitative estimate of drug-likeness (QED) is 0.835. The molecule has 17 heavy (non-hydrogen) atoms. The number of benzene rings is 1. The Hall–Kier alpha value is -1.55. The lowest BCUT2D eigenvalue weighted by atomic mass is 10.0. The molecule has 0 aromatic heterocycles. The zero-order valence-corrected chi connectivity index (χ0v) is 10.2. The number of amides is 1.